The number of benzene rings is 1. The fourth-order valence-electron chi connectivity index (χ4n) is 2.32. The zero-order valence-electron chi connectivity index (χ0n) is 14.2. The average molecular weight is 417 g/mol. The topological polar surface area (TPSA) is 114 Å². The van der Waals surface area contributed by atoms with E-state index < -0.39 is 11.9 Å². The maximum Gasteiger partial charge on any atom is 0.335 e. The molecule has 3 aromatic rings. The smallest absolute Gasteiger partial charge is 0.335 e. The normalized spacial score (nSPS) is 10.9. The predicted molar refractivity (Wildman–Crippen MR) is 105 cm³/mol. The Hall–Kier alpha value is -3.30. The van der Waals surface area contributed by atoms with E-state index in [9.17, 15) is 14.4 Å². The number of carboxylic acids is 1. The number of hydrazone groups is 1. The van der Waals surface area contributed by atoms with Crippen molar-refractivity contribution in [2.45, 2.75) is 6.54 Å². The van der Waals surface area contributed by atoms with E-state index in [1.807, 2.05) is 0 Å². The summed E-state index contributed by atoms with van der Waals surface area (Å²) in [5, 5.41) is 13.0. The van der Waals surface area contributed by atoms with E-state index in [1.54, 1.807) is 12.1 Å². The van der Waals surface area contributed by atoms with Crippen LogP contribution in [-0.4, -0.2) is 32.7 Å². The summed E-state index contributed by atoms with van der Waals surface area (Å²) in [5.41, 5.74) is 3.48. The van der Waals surface area contributed by atoms with E-state index in [0.29, 0.717) is 16.0 Å². The minimum Gasteiger partial charge on any atom is -0.478 e. The minimum absolute atomic E-state index is 0.118. The highest BCUT2D eigenvalue weighted by Gasteiger charge is 2.13. The molecule has 0 radical (unpaired) electrons. The lowest BCUT2D eigenvalue weighted by Gasteiger charge is -2.05. The van der Waals surface area contributed by atoms with Gasteiger partial charge in [0.1, 0.15) is 5.15 Å². The summed E-state index contributed by atoms with van der Waals surface area (Å²) in [6.07, 6.45) is 4.26. The Morgan fingerprint density at radius 3 is 2.71 bits per heavy atom. The number of hydrogen-bond donors (Lipinski definition) is 2. The number of carbonyl (C=O) groups is 2. The summed E-state index contributed by atoms with van der Waals surface area (Å²) in [7, 11) is 0. The first-order valence-electron chi connectivity index (χ1n) is 7.90. The molecule has 1 aromatic carbocycles. The van der Waals surface area contributed by atoms with Crippen LogP contribution in [0.25, 0.3) is 0 Å². The van der Waals surface area contributed by atoms with Gasteiger partial charge in [-0.3, -0.25) is 19.1 Å². The van der Waals surface area contributed by atoms with Crippen molar-refractivity contribution in [1.29, 1.82) is 0 Å². The minimum atomic E-state index is -1.05. The van der Waals surface area contributed by atoms with Crippen molar-refractivity contribution in [3.8, 4) is 0 Å². The largest absolute Gasteiger partial charge is 0.478 e. The molecule has 2 N–H and O–H groups in total. The molecular weight excluding hydrogens is 404 g/mol. The van der Waals surface area contributed by atoms with Gasteiger partial charge in [0.25, 0.3) is 5.91 Å². The number of amides is 1. The molecule has 2 heterocycles. The summed E-state index contributed by atoms with van der Waals surface area (Å²) in [6, 6.07) is 9.32. The quantitative estimate of drug-likeness (QED) is 0.473. The summed E-state index contributed by atoms with van der Waals surface area (Å²) in [6.45, 7) is 0.118. The molecule has 10 heteroatoms. The van der Waals surface area contributed by atoms with Crippen molar-refractivity contribution in [2.75, 3.05) is 0 Å². The average Bonchev–Trinajstić information content (AvgIpc) is 2.96. The van der Waals surface area contributed by atoms with Crippen LogP contribution in [-0.2, 0) is 6.54 Å². The first-order valence-corrected chi connectivity index (χ1v) is 9.10. The Labute approximate surface area is 167 Å². The highest BCUT2D eigenvalue weighted by atomic mass is 35.5. The molecular formula is C18H13ClN4O4S. The molecule has 0 aliphatic carbocycles. The van der Waals surface area contributed by atoms with E-state index in [4.69, 9.17) is 16.7 Å². The molecule has 1 amide bonds. The molecule has 0 aliphatic rings. The highest BCUT2D eigenvalue weighted by Crippen LogP contribution is 2.18. The zero-order valence-corrected chi connectivity index (χ0v) is 15.8. The number of aromatic nitrogens is 2. The molecule has 0 atom stereocenters. The van der Waals surface area contributed by atoms with E-state index in [2.05, 4.69) is 15.5 Å². The fraction of sp³-hybridized carbons (Fsp3) is 0.0556. The van der Waals surface area contributed by atoms with Crippen LogP contribution < -0.4 is 10.3 Å². The summed E-state index contributed by atoms with van der Waals surface area (Å²) < 4.78 is 1.30. The molecule has 0 saturated heterocycles. The van der Waals surface area contributed by atoms with Gasteiger partial charge in [-0.1, -0.05) is 35.1 Å². The van der Waals surface area contributed by atoms with Gasteiger partial charge in [0.15, 0.2) is 0 Å². The van der Waals surface area contributed by atoms with Crippen molar-refractivity contribution in [3.63, 3.8) is 0 Å². The van der Waals surface area contributed by atoms with Gasteiger partial charge in [-0.25, -0.2) is 10.2 Å². The number of pyridine rings is 1. The molecule has 2 aromatic heterocycles. The van der Waals surface area contributed by atoms with E-state index >= 15 is 0 Å². The Morgan fingerprint density at radius 2 is 2.00 bits per heavy atom. The molecule has 28 heavy (non-hydrogen) atoms. The maximum absolute atomic E-state index is 12.2. The Balaban J connectivity index is 1.75. The summed E-state index contributed by atoms with van der Waals surface area (Å²) in [5.74, 6) is -1.48. The van der Waals surface area contributed by atoms with Gasteiger partial charge in [0, 0.05) is 18.0 Å². The first-order chi connectivity index (χ1) is 13.5. The third kappa shape index (κ3) is 4.51. The Morgan fingerprint density at radius 1 is 1.25 bits per heavy atom. The van der Waals surface area contributed by atoms with Gasteiger partial charge in [-0.05, 0) is 29.8 Å². The standard InChI is InChI=1S/C18H13ClN4O4S/c19-15-14(9-21-22-16(24)12-4-6-20-7-5-12)28-18(27)23(15)10-11-2-1-3-13(8-11)17(25)26/h1-9H,10H2,(H,22,24)(H,25,26). The second-order valence-electron chi connectivity index (χ2n) is 5.55. The van der Waals surface area contributed by atoms with Crippen LogP contribution in [0.3, 0.4) is 0 Å². The van der Waals surface area contributed by atoms with Crippen LogP contribution in [0.4, 0.5) is 0 Å². The van der Waals surface area contributed by atoms with Crippen LogP contribution in [0.15, 0.2) is 58.7 Å². The second-order valence-corrected chi connectivity index (χ2v) is 6.90. The van der Waals surface area contributed by atoms with Crippen molar-refractivity contribution in [2.24, 2.45) is 5.10 Å². The number of nitrogens with zero attached hydrogens (tertiary/aromatic N) is 3. The fourth-order valence-corrected chi connectivity index (χ4v) is 3.43. The van der Waals surface area contributed by atoms with Gasteiger partial charge in [0.05, 0.1) is 23.2 Å². The van der Waals surface area contributed by atoms with Crippen molar-refractivity contribution in [3.05, 3.63) is 85.2 Å². The Bertz CT molecular complexity index is 1110. The number of carboxylic acid groups (broad SMARTS) is 1. The van der Waals surface area contributed by atoms with Crippen LogP contribution in [0, 0.1) is 0 Å². The molecule has 0 bridgehead atoms. The van der Waals surface area contributed by atoms with Crippen LogP contribution in [0.1, 0.15) is 31.2 Å². The van der Waals surface area contributed by atoms with Crippen LogP contribution >= 0.6 is 22.9 Å². The summed E-state index contributed by atoms with van der Waals surface area (Å²) in [4.78, 5) is 39.1. The molecule has 8 nitrogen and oxygen atoms in total. The maximum atomic E-state index is 12.2. The number of aromatic carboxylic acids is 1. The van der Waals surface area contributed by atoms with Crippen LogP contribution in [0.2, 0.25) is 5.15 Å². The number of rotatable bonds is 6. The lowest BCUT2D eigenvalue weighted by molar-refractivity contribution is 0.0696. The first kappa shape index (κ1) is 19.5. The van der Waals surface area contributed by atoms with E-state index in [-0.39, 0.29) is 22.1 Å². The van der Waals surface area contributed by atoms with Gasteiger partial charge in [-0.15, -0.1) is 0 Å². The lowest BCUT2D eigenvalue weighted by Crippen LogP contribution is -2.17. The number of carbonyl (C=O) groups excluding carboxylic acids is 1. The predicted octanol–water partition coefficient (Wildman–Crippen LogP) is 2.47. The van der Waals surface area contributed by atoms with Crippen molar-refractivity contribution in [1.82, 2.24) is 15.0 Å². The van der Waals surface area contributed by atoms with Crippen molar-refractivity contribution < 1.29 is 14.7 Å². The molecule has 0 fully saturated rings. The SMILES string of the molecule is O=C(O)c1cccc(Cn2c(Cl)c(C=NNC(=O)c3ccncc3)sc2=O)c1. The lowest BCUT2D eigenvalue weighted by atomic mass is 10.1. The van der Waals surface area contributed by atoms with Crippen LogP contribution in [0.5, 0.6) is 0 Å². The number of halogens is 1. The summed E-state index contributed by atoms with van der Waals surface area (Å²) >= 11 is 7.13. The third-order valence-corrected chi connectivity index (χ3v) is 5.10. The molecule has 3 rings (SSSR count). The molecule has 0 saturated carbocycles. The number of hydrogen-bond acceptors (Lipinski definition) is 6. The van der Waals surface area contributed by atoms with Gasteiger partial charge < -0.3 is 5.11 Å². The van der Waals surface area contributed by atoms with Crippen molar-refractivity contribution >= 4 is 41.0 Å². The van der Waals surface area contributed by atoms with E-state index in [1.165, 1.54) is 47.4 Å². The van der Waals surface area contributed by atoms with Gasteiger partial charge in [-0.2, -0.15) is 5.10 Å². The molecule has 0 spiro atoms. The van der Waals surface area contributed by atoms with Gasteiger partial charge in [0.2, 0.25) is 0 Å². The van der Waals surface area contributed by atoms with Gasteiger partial charge >= 0.3 is 10.8 Å². The molecule has 142 valence electrons. The second kappa shape index (κ2) is 8.59. The molecule has 0 aliphatic heterocycles. The molecule has 0 unspecified atom stereocenters. The number of thiazole rings is 1. The number of nitrogens with one attached hydrogen (secondary N) is 1. The zero-order chi connectivity index (χ0) is 20.1. The highest BCUT2D eigenvalue weighted by molar-refractivity contribution is 7.11. The third-order valence-electron chi connectivity index (χ3n) is 3.66. The Kier molecular flexibility index (Phi) is 5.97. The monoisotopic (exact) mass is 416 g/mol. The van der Waals surface area contributed by atoms with E-state index in [0.717, 1.165) is 11.3 Å².